The van der Waals surface area contributed by atoms with Crippen LogP contribution in [0.2, 0.25) is 0 Å². The van der Waals surface area contributed by atoms with E-state index in [1.807, 2.05) is 45.0 Å². The zero-order chi connectivity index (χ0) is 20.9. The number of halogens is 2. The van der Waals surface area contributed by atoms with Crippen LogP contribution in [0.5, 0.6) is 5.75 Å². The zero-order valence-corrected chi connectivity index (χ0v) is 17.8. The van der Waals surface area contributed by atoms with Gasteiger partial charge in [0.1, 0.15) is 5.75 Å². The first kappa shape index (κ1) is 22.6. The first-order chi connectivity index (χ1) is 13.1. The van der Waals surface area contributed by atoms with Gasteiger partial charge < -0.3 is 15.0 Å². The fourth-order valence-corrected chi connectivity index (χ4v) is 3.84. The Bertz CT molecular complexity index is 656. The van der Waals surface area contributed by atoms with E-state index in [0.29, 0.717) is 31.6 Å². The molecule has 0 aliphatic heterocycles. The molecule has 1 aromatic rings. The van der Waals surface area contributed by atoms with Crippen molar-refractivity contribution in [3.05, 3.63) is 28.8 Å². The van der Waals surface area contributed by atoms with Crippen LogP contribution >= 0.6 is 0 Å². The van der Waals surface area contributed by atoms with Crippen molar-refractivity contribution in [3.8, 4) is 5.75 Å². The van der Waals surface area contributed by atoms with Crippen molar-refractivity contribution in [2.24, 2.45) is 0 Å². The number of nitrogens with zero attached hydrogens (tertiary/aromatic N) is 1. The minimum Gasteiger partial charge on any atom is -0.493 e. The van der Waals surface area contributed by atoms with Gasteiger partial charge in [-0.3, -0.25) is 4.79 Å². The molecule has 2 rings (SSSR count). The highest BCUT2D eigenvalue weighted by Gasteiger charge is 2.44. The Hall–Kier alpha value is -1.69. The van der Waals surface area contributed by atoms with Gasteiger partial charge in [0.2, 0.25) is 5.92 Å². The second kappa shape index (κ2) is 9.21. The Labute approximate surface area is 167 Å². The highest BCUT2D eigenvalue weighted by atomic mass is 19.3. The molecule has 1 saturated carbocycles. The molecule has 0 spiro atoms. The van der Waals surface area contributed by atoms with Gasteiger partial charge in [-0.25, -0.2) is 8.78 Å². The topological polar surface area (TPSA) is 41.6 Å². The van der Waals surface area contributed by atoms with Crippen LogP contribution in [-0.4, -0.2) is 49.5 Å². The molecule has 0 radical (unpaired) electrons. The van der Waals surface area contributed by atoms with Gasteiger partial charge >= 0.3 is 0 Å². The minimum atomic E-state index is -2.59. The Kier molecular flexibility index (Phi) is 7.43. The quantitative estimate of drug-likeness (QED) is 0.647. The average molecular weight is 397 g/mol. The molecule has 0 heterocycles. The molecule has 0 unspecified atom stereocenters. The number of alkyl halides is 2. The Morgan fingerprint density at radius 2 is 1.71 bits per heavy atom. The highest BCUT2D eigenvalue weighted by molar-refractivity contribution is 5.95. The summed E-state index contributed by atoms with van der Waals surface area (Å²) in [5.41, 5.74) is 2.01. The summed E-state index contributed by atoms with van der Waals surface area (Å²) in [7, 11) is 3.79. The number of carbonyl (C=O) groups is 1. The number of hydrogen-bond acceptors (Lipinski definition) is 3. The maximum Gasteiger partial charge on any atom is 0.251 e. The summed E-state index contributed by atoms with van der Waals surface area (Å²) in [6.07, 6.45) is 2.53. The van der Waals surface area contributed by atoms with E-state index in [0.717, 1.165) is 29.7 Å². The number of nitrogens with one attached hydrogen (secondary N) is 1. The third kappa shape index (κ3) is 5.43. The van der Waals surface area contributed by atoms with Crippen molar-refractivity contribution in [2.75, 3.05) is 27.2 Å². The van der Waals surface area contributed by atoms with Crippen LogP contribution in [0, 0.1) is 13.8 Å². The minimum absolute atomic E-state index is 0.136. The highest BCUT2D eigenvalue weighted by Crippen LogP contribution is 2.40. The van der Waals surface area contributed by atoms with Crippen molar-refractivity contribution >= 4 is 5.91 Å². The van der Waals surface area contributed by atoms with Crippen molar-refractivity contribution in [1.82, 2.24) is 10.2 Å². The summed E-state index contributed by atoms with van der Waals surface area (Å²) >= 11 is 0. The molecule has 158 valence electrons. The van der Waals surface area contributed by atoms with Crippen molar-refractivity contribution < 1.29 is 18.3 Å². The largest absolute Gasteiger partial charge is 0.493 e. The fraction of sp³-hybridized carbons (Fsp3) is 0.682. The lowest BCUT2D eigenvalue weighted by Gasteiger charge is -2.45. The molecule has 0 bridgehead atoms. The lowest BCUT2D eigenvalue weighted by Crippen LogP contribution is -2.56. The van der Waals surface area contributed by atoms with Gasteiger partial charge in [-0.05, 0) is 70.5 Å². The maximum absolute atomic E-state index is 13.6. The van der Waals surface area contributed by atoms with E-state index >= 15 is 0 Å². The molecule has 1 fully saturated rings. The number of carbonyl (C=O) groups excluding carboxylic acids is 1. The van der Waals surface area contributed by atoms with Gasteiger partial charge in [0.15, 0.2) is 0 Å². The van der Waals surface area contributed by atoms with Crippen LogP contribution in [0.1, 0.15) is 66.9 Å². The average Bonchev–Trinajstić information content (AvgIpc) is 2.62. The van der Waals surface area contributed by atoms with Gasteiger partial charge in [-0.1, -0.05) is 13.3 Å². The standard InChI is InChI=1S/C22H34F2N2O2/c1-6-7-12-28-19-16(2)13-18(14-17(19)3)20(27)25-15-21(26(4)5)8-10-22(23,24)11-9-21/h13-14H,6-12,15H2,1-5H3,(H,25,27). The van der Waals surface area contributed by atoms with Gasteiger partial charge in [-0.2, -0.15) is 0 Å². The second-order valence-corrected chi connectivity index (χ2v) is 8.30. The van der Waals surface area contributed by atoms with Crippen molar-refractivity contribution in [2.45, 2.75) is 70.8 Å². The number of hydrogen-bond donors (Lipinski definition) is 1. The number of unbranched alkanes of at least 4 members (excludes halogenated alkanes) is 1. The van der Waals surface area contributed by atoms with Crippen molar-refractivity contribution in [1.29, 1.82) is 0 Å². The molecular formula is C22H34F2N2O2. The van der Waals surface area contributed by atoms with Crippen LogP contribution in [0.4, 0.5) is 8.78 Å². The molecule has 1 amide bonds. The first-order valence-electron chi connectivity index (χ1n) is 10.2. The summed E-state index contributed by atoms with van der Waals surface area (Å²) in [5.74, 6) is -1.93. The second-order valence-electron chi connectivity index (χ2n) is 8.30. The van der Waals surface area contributed by atoms with E-state index in [4.69, 9.17) is 4.74 Å². The summed E-state index contributed by atoms with van der Waals surface area (Å²) < 4.78 is 33.0. The lowest BCUT2D eigenvalue weighted by atomic mass is 9.78. The Morgan fingerprint density at radius 1 is 1.14 bits per heavy atom. The smallest absolute Gasteiger partial charge is 0.251 e. The third-order valence-electron chi connectivity index (χ3n) is 5.91. The maximum atomic E-state index is 13.6. The lowest BCUT2D eigenvalue weighted by molar-refractivity contribution is -0.0727. The zero-order valence-electron chi connectivity index (χ0n) is 17.8. The predicted molar refractivity (Wildman–Crippen MR) is 108 cm³/mol. The molecule has 1 aliphatic carbocycles. The van der Waals surface area contributed by atoms with E-state index in [-0.39, 0.29) is 18.7 Å². The number of amides is 1. The normalized spacial score (nSPS) is 18.1. The van der Waals surface area contributed by atoms with Gasteiger partial charge in [0.05, 0.1) is 6.61 Å². The van der Waals surface area contributed by atoms with Gasteiger partial charge in [0.25, 0.3) is 5.91 Å². The molecule has 0 saturated heterocycles. The van der Waals surface area contributed by atoms with Crippen molar-refractivity contribution in [3.63, 3.8) is 0 Å². The SMILES string of the molecule is CCCCOc1c(C)cc(C(=O)NCC2(N(C)C)CCC(F)(F)CC2)cc1C. The molecule has 0 aromatic heterocycles. The molecule has 4 nitrogen and oxygen atoms in total. The van der Waals surface area contributed by atoms with E-state index in [1.165, 1.54) is 0 Å². The number of likely N-dealkylation sites (N-methyl/N-ethyl adjacent to an activating group) is 1. The van der Waals surface area contributed by atoms with E-state index in [9.17, 15) is 13.6 Å². The molecular weight excluding hydrogens is 362 g/mol. The summed E-state index contributed by atoms with van der Waals surface area (Å²) in [5, 5.41) is 2.98. The van der Waals surface area contributed by atoms with Gasteiger partial charge in [-0.15, -0.1) is 0 Å². The van der Waals surface area contributed by atoms with Gasteiger partial charge in [0, 0.05) is 30.5 Å². The molecule has 1 aliphatic rings. The van der Waals surface area contributed by atoms with E-state index in [2.05, 4.69) is 12.2 Å². The summed E-state index contributed by atoms with van der Waals surface area (Å²) in [4.78, 5) is 14.7. The summed E-state index contributed by atoms with van der Waals surface area (Å²) in [6.45, 7) is 7.02. The Balaban J connectivity index is 2.05. The van der Waals surface area contributed by atoms with E-state index in [1.54, 1.807) is 0 Å². The molecule has 1 N–H and O–H groups in total. The number of rotatable bonds is 8. The number of benzene rings is 1. The number of ether oxygens (including phenoxy) is 1. The van der Waals surface area contributed by atoms with E-state index < -0.39 is 11.5 Å². The van der Waals surface area contributed by atoms with Crippen LogP contribution < -0.4 is 10.1 Å². The fourth-order valence-electron chi connectivity index (χ4n) is 3.84. The third-order valence-corrected chi connectivity index (χ3v) is 5.91. The molecule has 6 heteroatoms. The van der Waals surface area contributed by atoms with Crippen LogP contribution in [0.25, 0.3) is 0 Å². The van der Waals surface area contributed by atoms with Crippen LogP contribution in [0.3, 0.4) is 0 Å². The monoisotopic (exact) mass is 396 g/mol. The molecule has 28 heavy (non-hydrogen) atoms. The Morgan fingerprint density at radius 3 is 2.21 bits per heavy atom. The molecule has 0 atom stereocenters. The predicted octanol–water partition coefficient (Wildman–Crippen LogP) is 4.72. The van der Waals surface area contributed by atoms with Crippen LogP contribution in [-0.2, 0) is 0 Å². The summed E-state index contributed by atoms with van der Waals surface area (Å²) in [6, 6.07) is 3.67. The van der Waals surface area contributed by atoms with Crippen LogP contribution in [0.15, 0.2) is 12.1 Å². The molecule has 1 aromatic carbocycles. The number of aryl methyl sites for hydroxylation is 2. The first-order valence-corrected chi connectivity index (χ1v) is 10.2.